The summed E-state index contributed by atoms with van der Waals surface area (Å²) in [7, 11) is 0. The van der Waals surface area contributed by atoms with Gasteiger partial charge in [-0.3, -0.25) is 4.79 Å². The van der Waals surface area contributed by atoms with E-state index in [4.69, 9.17) is 0 Å². The molecule has 1 amide bonds. The normalized spacial score (nSPS) is 14.1. The highest BCUT2D eigenvalue weighted by molar-refractivity contribution is 6.04. The number of carbonyl (C=O) groups is 1. The third kappa shape index (κ3) is 2.52. The summed E-state index contributed by atoms with van der Waals surface area (Å²) in [5.41, 5.74) is 1.15. The van der Waals surface area contributed by atoms with Crippen molar-refractivity contribution in [3.63, 3.8) is 0 Å². The third-order valence-electron chi connectivity index (χ3n) is 3.31. The highest BCUT2D eigenvalue weighted by atomic mass is 19.1. The molecule has 1 fully saturated rings. The van der Waals surface area contributed by atoms with Crippen molar-refractivity contribution in [3.05, 3.63) is 53.4 Å². The Hall–Kier alpha value is -2.30. The summed E-state index contributed by atoms with van der Waals surface area (Å²) in [5.74, 6) is 0.381. The first-order valence-corrected chi connectivity index (χ1v) is 6.54. The summed E-state index contributed by atoms with van der Waals surface area (Å²) < 4.78 is 13.5. The Kier molecular flexibility index (Phi) is 3.18. The van der Waals surface area contributed by atoms with Crippen LogP contribution in [-0.2, 0) is 0 Å². The van der Waals surface area contributed by atoms with Gasteiger partial charge in [-0.2, -0.15) is 0 Å². The van der Waals surface area contributed by atoms with Crippen LogP contribution in [0.4, 0.5) is 10.1 Å². The number of para-hydroxylation sites is 1. The van der Waals surface area contributed by atoms with E-state index in [0.717, 1.165) is 18.7 Å². The van der Waals surface area contributed by atoms with Crippen LogP contribution in [0.25, 0.3) is 0 Å². The highest BCUT2D eigenvalue weighted by Crippen LogP contribution is 2.37. The average Bonchev–Trinajstić information content (AvgIpc) is 3.25. The van der Waals surface area contributed by atoms with Crippen LogP contribution in [0, 0.1) is 12.7 Å². The predicted molar refractivity (Wildman–Crippen MR) is 73.1 cm³/mol. The number of benzene rings is 1. The van der Waals surface area contributed by atoms with E-state index in [1.807, 2.05) is 0 Å². The summed E-state index contributed by atoms with van der Waals surface area (Å²) in [6, 6.07) is 6.05. The molecular formula is C15H14FN3O. The van der Waals surface area contributed by atoms with Crippen LogP contribution >= 0.6 is 0 Å². The van der Waals surface area contributed by atoms with Gasteiger partial charge in [-0.05, 0) is 31.9 Å². The molecule has 0 atom stereocenters. The van der Waals surface area contributed by atoms with E-state index in [1.165, 1.54) is 18.3 Å². The fraction of sp³-hybridized carbons (Fsp3) is 0.267. The fourth-order valence-electron chi connectivity index (χ4n) is 2.00. The number of hydrogen-bond acceptors (Lipinski definition) is 3. The second kappa shape index (κ2) is 5.00. The van der Waals surface area contributed by atoms with Crippen molar-refractivity contribution in [1.29, 1.82) is 0 Å². The standard InChI is InChI=1S/C15H14FN3O/c1-9-11(8-17-14(18-9)10-6-7-10)15(20)19-13-5-3-2-4-12(13)16/h2-5,8,10H,6-7H2,1H3,(H,19,20). The van der Waals surface area contributed by atoms with Gasteiger partial charge in [-0.15, -0.1) is 0 Å². The van der Waals surface area contributed by atoms with Gasteiger partial charge in [0.1, 0.15) is 11.6 Å². The lowest BCUT2D eigenvalue weighted by Crippen LogP contribution is -2.16. The molecule has 0 radical (unpaired) electrons. The smallest absolute Gasteiger partial charge is 0.259 e. The molecule has 5 heteroatoms. The molecular weight excluding hydrogens is 257 g/mol. The summed E-state index contributed by atoms with van der Waals surface area (Å²) in [6.07, 6.45) is 3.74. The van der Waals surface area contributed by atoms with E-state index >= 15 is 0 Å². The first-order valence-electron chi connectivity index (χ1n) is 6.54. The third-order valence-corrected chi connectivity index (χ3v) is 3.31. The van der Waals surface area contributed by atoms with Crippen LogP contribution in [0.3, 0.4) is 0 Å². The first kappa shape index (κ1) is 12.7. The molecule has 0 saturated heterocycles. The molecule has 1 saturated carbocycles. The van der Waals surface area contributed by atoms with Crippen LogP contribution in [0.15, 0.2) is 30.5 Å². The quantitative estimate of drug-likeness (QED) is 0.933. The lowest BCUT2D eigenvalue weighted by Gasteiger charge is -2.08. The number of anilines is 1. The Bertz CT molecular complexity index is 668. The van der Waals surface area contributed by atoms with Crippen molar-refractivity contribution in [2.75, 3.05) is 5.32 Å². The number of rotatable bonds is 3. The summed E-state index contributed by atoms with van der Waals surface area (Å²) in [6.45, 7) is 1.77. The van der Waals surface area contributed by atoms with Crippen molar-refractivity contribution in [2.24, 2.45) is 0 Å². The van der Waals surface area contributed by atoms with E-state index in [9.17, 15) is 9.18 Å². The van der Waals surface area contributed by atoms with Gasteiger partial charge in [0.15, 0.2) is 0 Å². The maximum absolute atomic E-state index is 13.5. The highest BCUT2D eigenvalue weighted by Gasteiger charge is 2.27. The molecule has 3 rings (SSSR count). The van der Waals surface area contributed by atoms with Crippen LogP contribution in [-0.4, -0.2) is 15.9 Å². The predicted octanol–water partition coefficient (Wildman–Crippen LogP) is 3.05. The topological polar surface area (TPSA) is 54.9 Å². The molecule has 4 nitrogen and oxygen atoms in total. The summed E-state index contributed by atoms with van der Waals surface area (Å²) in [4.78, 5) is 20.7. The van der Waals surface area contributed by atoms with Gasteiger partial charge in [-0.25, -0.2) is 14.4 Å². The van der Waals surface area contributed by atoms with Crippen LogP contribution in [0.2, 0.25) is 0 Å². The molecule has 102 valence electrons. The van der Waals surface area contributed by atoms with Gasteiger partial charge in [0.25, 0.3) is 5.91 Å². The van der Waals surface area contributed by atoms with Gasteiger partial charge in [-0.1, -0.05) is 12.1 Å². The Morgan fingerprint density at radius 1 is 1.35 bits per heavy atom. The molecule has 0 unspecified atom stereocenters. The number of aromatic nitrogens is 2. The van der Waals surface area contributed by atoms with Gasteiger partial charge in [0, 0.05) is 12.1 Å². The molecule has 20 heavy (non-hydrogen) atoms. The van der Waals surface area contributed by atoms with Crippen LogP contribution in [0.1, 0.15) is 40.6 Å². The Balaban J connectivity index is 1.82. The van der Waals surface area contributed by atoms with Crippen LogP contribution < -0.4 is 5.32 Å². The fourth-order valence-corrected chi connectivity index (χ4v) is 2.00. The molecule has 1 aromatic heterocycles. The van der Waals surface area contributed by atoms with E-state index in [1.54, 1.807) is 19.1 Å². The lowest BCUT2D eigenvalue weighted by molar-refractivity contribution is 0.102. The zero-order chi connectivity index (χ0) is 14.1. The molecule has 1 heterocycles. The minimum absolute atomic E-state index is 0.156. The van der Waals surface area contributed by atoms with E-state index in [-0.39, 0.29) is 5.69 Å². The second-order valence-electron chi connectivity index (χ2n) is 4.94. The number of nitrogens with zero attached hydrogens (tertiary/aromatic N) is 2. The van der Waals surface area contributed by atoms with Gasteiger partial charge < -0.3 is 5.32 Å². The largest absolute Gasteiger partial charge is 0.319 e. The van der Waals surface area contributed by atoms with E-state index < -0.39 is 11.7 Å². The minimum atomic E-state index is -0.464. The van der Waals surface area contributed by atoms with Crippen molar-refractivity contribution >= 4 is 11.6 Å². The van der Waals surface area contributed by atoms with Crippen molar-refractivity contribution < 1.29 is 9.18 Å². The van der Waals surface area contributed by atoms with E-state index in [0.29, 0.717) is 17.2 Å². The van der Waals surface area contributed by atoms with Crippen molar-refractivity contribution in [3.8, 4) is 0 Å². The van der Waals surface area contributed by atoms with Gasteiger partial charge in [0.2, 0.25) is 0 Å². The molecule has 1 aliphatic rings. The first-order chi connectivity index (χ1) is 9.65. The number of nitrogens with one attached hydrogen (secondary N) is 1. The molecule has 0 spiro atoms. The van der Waals surface area contributed by atoms with E-state index in [2.05, 4.69) is 15.3 Å². The molecule has 1 N–H and O–H groups in total. The molecule has 1 aliphatic carbocycles. The zero-order valence-electron chi connectivity index (χ0n) is 11.1. The zero-order valence-corrected chi connectivity index (χ0v) is 11.1. The maximum atomic E-state index is 13.5. The van der Waals surface area contributed by atoms with Crippen molar-refractivity contribution in [2.45, 2.75) is 25.7 Å². The lowest BCUT2D eigenvalue weighted by atomic mass is 10.2. The minimum Gasteiger partial charge on any atom is -0.319 e. The number of hydrogen-bond donors (Lipinski definition) is 1. The maximum Gasteiger partial charge on any atom is 0.259 e. The summed E-state index contributed by atoms with van der Waals surface area (Å²) >= 11 is 0. The number of aryl methyl sites for hydroxylation is 1. The molecule has 0 bridgehead atoms. The monoisotopic (exact) mass is 271 g/mol. The van der Waals surface area contributed by atoms with Crippen LogP contribution in [0.5, 0.6) is 0 Å². The molecule has 1 aromatic carbocycles. The van der Waals surface area contributed by atoms with Crippen molar-refractivity contribution in [1.82, 2.24) is 9.97 Å². The Labute approximate surface area is 116 Å². The van der Waals surface area contributed by atoms with Gasteiger partial charge in [0.05, 0.1) is 16.9 Å². The summed E-state index contributed by atoms with van der Waals surface area (Å²) in [5, 5.41) is 2.54. The van der Waals surface area contributed by atoms with Gasteiger partial charge >= 0.3 is 0 Å². The molecule has 2 aromatic rings. The Morgan fingerprint density at radius 3 is 2.75 bits per heavy atom. The number of amides is 1. The average molecular weight is 271 g/mol. The molecule has 0 aliphatic heterocycles. The Morgan fingerprint density at radius 2 is 2.10 bits per heavy atom. The second-order valence-corrected chi connectivity index (χ2v) is 4.94. The SMILES string of the molecule is Cc1nc(C2CC2)ncc1C(=O)Nc1ccccc1F. The number of carbonyl (C=O) groups excluding carboxylic acids is 1. The number of halogens is 1.